The molecular formula is C16H23N3O4. The molecule has 1 saturated heterocycles. The normalized spacial score (nSPS) is 21.7. The second-order valence-electron chi connectivity index (χ2n) is 5.50. The maximum absolute atomic E-state index is 12.2. The fourth-order valence-corrected chi connectivity index (χ4v) is 2.32. The molecule has 0 aromatic heterocycles. The van der Waals surface area contributed by atoms with Crippen LogP contribution in [0.1, 0.15) is 19.8 Å². The first-order chi connectivity index (χ1) is 11.0. The highest BCUT2D eigenvalue weighted by molar-refractivity contribution is 5.97. The minimum atomic E-state index is -0.548. The van der Waals surface area contributed by atoms with Crippen molar-refractivity contribution < 1.29 is 19.1 Å². The number of ether oxygens (including phenoxy) is 2. The molecule has 1 aromatic rings. The van der Waals surface area contributed by atoms with Gasteiger partial charge < -0.3 is 25.8 Å². The predicted octanol–water partition coefficient (Wildman–Crippen LogP) is 1.10. The number of methoxy groups -OCH3 is 1. The van der Waals surface area contributed by atoms with Gasteiger partial charge in [-0.05, 0) is 38.0 Å². The summed E-state index contributed by atoms with van der Waals surface area (Å²) in [6.45, 7) is 2.08. The van der Waals surface area contributed by atoms with Gasteiger partial charge in [-0.3, -0.25) is 9.59 Å². The summed E-state index contributed by atoms with van der Waals surface area (Å²) in [5.74, 6) is -0.449. The molecule has 1 fully saturated rings. The molecule has 1 heterocycles. The van der Waals surface area contributed by atoms with Gasteiger partial charge in [0.15, 0.2) is 0 Å². The lowest BCUT2D eigenvalue weighted by atomic mass is 10.2. The molecule has 3 atom stereocenters. The highest BCUT2D eigenvalue weighted by Gasteiger charge is 2.29. The fraction of sp³-hybridized carbons (Fsp3) is 0.500. The number of anilines is 2. The van der Waals surface area contributed by atoms with E-state index < -0.39 is 12.2 Å². The number of nitrogens with one attached hydrogen (secondary N) is 2. The van der Waals surface area contributed by atoms with Crippen LogP contribution in [0.2, 0.25) is 0 Å². The lowest BCUT2D eigenvalue weighted by molar-refractivity contribution is -0.126. The molecule has 0 aliphatic carbocycles. The summed E-state index contributed by atoms with van der Waals surface area (Å²) in [7, 11) is 1.47. The van der Waals surface area contributed by atoms with Gasteiger partial charge in [0.25, 0.3) is 11.8 Å². The number of nitrogens with two attached hydrogens (primary N) is 1. The second-order valence-corrected chi connectivity index (χ2v) is 5.50. The summed E-state index contributed by atoms with van der Waals surface area (Å²) in [4.78, 5) is 24.0. The predicted molar refractivity (Wildman–Crippen MR) is 87.1 cm³/mol. The molecule has 2 amide bonds. The Morgan fingerprint density at radius 3 is 2.65 bits per heavy atom. The van der Waals surface area contributed by atoms with Gasteiger partial charge in [0, 0.05) is 25.0 Å². The number of benzene rings is 1. The summed E-state index contributed by atoms with van der Waals surface area (Å²) in [6, 6.07) is 6.93. The van der Waals surface area contributed by atoms with Gasteiger partial charge in [-0.1, -0.05) is 6.07 Å². The first-order valence-corrected chi connectivity index (χ1v) is 7.63. The third-order valence-electron chi connectivity index (χ3n) is 3.78. The Morgan fingerprint density at radius 1 is 1.35 bits per heavy atom. The second kappa shape index (κ2) is 8.05. The van der Waals surface area contributed by atoms with E-state index in [0.29, 0.717) is 24.3 Å². The number of hydrogen-bond donors (Lipinski definition) is 3. The molecule has 1 aliphatic heterocycles. The average Bonchev–Trinajstić information content (AvgIpc) is 3.03. The van der Waals surface area contributed by atoms with Gasteiger partial charge in [0.05, 0.1) is 6.10 Å². The van der Waals surface area contributed by atoms with Crippen LogP contribution in [-0.2, 0) is 19.1 Å². The lowest BCUT2D eigenvalue weighted by Crippen LogP contribution is -2.30. The Labute approximate surface area is 135 Å². The van der Waals surface area contributed by atoms with E-state index in [0.717, 1.165) is 6.42 Å². The summed E-state index contributed by atoms with van der Waals surface area (Å²) in [6.07, 6.45) is 0.380. The van der Waals surface area contributed by atoms with E-state index in [9.17, 15) is 9.59 Å². The minimum absolute atomic E-state index is 0.0492. The monoisotopic (exact) mass is 321 g/mol. The zero-order valence-electron chi connectivity index (χ0n) is 13.4. The molecule has 0 spiro atoms. The smallest absolute Gasteiger partial charge is 0.253 e. The Bertz CT molecular complexity index is 564. The summed E-state index contributed by atoms with van der Waals surface area (Å²) in [5, 5.41) is 5.53. The Hall–Kier alpha value is -1.96. The van der Waals surface area contributed by atoms with Gasteiger partial charge in [0.1, 0.15) is 12.2 Å². The van der Waals surface area contributed by atoms with Crippen LogP contribution in [-0.4, -0.2) is 43.8 Å². The maximum atomic E-state index is 12.2. The minimum Gasteiger partial charge on any atom is -0.372 e. The summed E-state index contributed by atoms with van der Waals surface area (Å²) < 4.78 is 10.5. The zero-order valence-corrected chi connectivity index (χ0v) is 13.4. The molecule has 0 radical (unpaired) electrons. The number of rotatable bonds is 6. The van der Waals surface area contributed by atoms with Crippen LogP contribution in [0.4, 0.5) is 11.4 Å². The van der Waals surface area contributed by atoms with Gasteiger partial charge in [-0.2, -0.15) is 0 Å². The van der Waals surface area contributed by atoms with Crippen LogP contribution in [0.15, 0.2) is 24.3 Å². The highest BCUT2D eigenvalue weighted by atomic mass is 16.5. The maximum Gasteiger partial charge on any atom is 0.253 e. The Balaban J connectivity index is 1.94. The Kier molecular flexibility index (Phi) is 6.09. The Morgan fingerprint density at radius 2 is 2.04 bits per heavy atom. The lowest BCUT2D eigenvalue weighted by Gasteiger charge is -2.14. The number of carbonyl (C=O) groups excluding carboxylic acids is 2. The summed E-state index contributed by atoms with van der Waals surface area (Å²) in [5.41, 5.74) is 6.73. The van der Waals surface area contributed by atoms with Crippen molar-refractivity contribution in [2.24, 2.45) is 5.73 Å². The molecule has 7 nitrogen and oxygen atoms in total. The highest BCUT2D eigenvalue weighted by Crippen LogP contribution is 2.21. The molecule has 0 saturated carbocycles. The van der Waals surface area contributed by atoms with Crippen LogP contribution in [0.5, 0.6) is 0 Å². The first-order valence-electron chi connectivity index (χ1n) is 7.63. The van der Waals surface area contributed by atoms with Gasteiger partial charge in [-0.15, -0.1) is 0 Å². The standard InChI is InChI=1S/C16H23N3O4/c1-10(22-2)15(20)18-11-4-3-5-12(8-11)19-16(21)14-7-6-13(9-17)23-14/h3-5,8,10,13-14H,6-7,9,17H2,1-2H3,(H,18,20)(H,19,21)/t10?,13-,14+/m1/s1. The van der Waals surface area contributed by atoms with Crippen molar-refractivity contribution in [1.82, 2.24) is 0 Å². The van der Waals surface area contributed by atoms with Crippen molar-refractivity contribution in [2.75, 3.05) is 24.3 Å². The average molecular weight is 321 g/mol. The molecule has 1 unspecified atom stereocenters. The van der Waals surface area contributed by atoms with Crippen molar-refractivity contribution in [3.05, 3.63) is 24.3 Å². The van der Waals surface area contributed by atoms with E-state index in [-0.39, 0.29) is 17.9 Å². The van der Waals surface area contributed by atoms with E-state index >= 15 is 0 Å². The van der Waals surface area contributed by atoms with Crippen molar-refractivity contribution in [1.29, 1.82) is 0 Å². The SMILES string of the molecule is COC(C)C(=O)Nc1cccc(NC(=O)[C@@H]2CC[C@H](CN)O2)c1. The molecule has 7 heteroatoms. The van der Waals surface area contributed by atoms with Crippen molar-refractivity contribution in [3.63, 3.8) is 0 Å². The van der Waals surface area contributed by atoms with Gasteiger partial charge in [0.2, 0.25) is 0 Å². The number of carbonyl (C=O) groups is 2. The molecule has 126 valence electrons. The van der Waals surface area contributed by atoms with Gasteiger partial charge in [-0.25, -0.2) is 0 Å². The molecule has 0 bridgehead atoms. The topological polar surface area (TPSA) is 103 Å². The third-order valence-corrected chi connectivity index (χ3v) is 3.78. The van der Waals surface area contributed by atoms with Crippen LogP contribution in [0.25, 0.3) is 0 Å². The molecule has 1 aliphatic rings. The van der Waals surface area contributed by atoms with Crippen molar-refractivity contribution in [2.45, 2.75) is 38.1 Å². The number of amides is 2. The largest absolute Gasteiger partial charge is 0.372 e. The zero-order chi connectivity index (χ0) is 16.8. The summed E-state index contributed by atoms with van der Waals surface area (Å²) >= 11 is 0. The third kappa shape index (κ3) is 4.75. The van der Waals surface area contributed by atoms with E-state index in [2.05, 4.69) is 10.6 Å². The van der Waals surface area contributed by atoms with E-state index in [1.165, 1.54) is 7.11 Å². The fourth-order valence-electron chi connectivity index (χ4n) is 2.32. The van der Waals surface area contributed by atoms with Crippen LogP contribution < -0.4 is 16.4 Å². The van der Waals surface area contributed by atoms with Crippen LogP contribution >= 0.6 is 0 Å². The van der Waals surface area contributed by atoms with Crippen LogP contribution in [0, 0.1) is 0 Å². The number of hydrogen-bond acceptors (Lipinski definition) is 5. The quantitative estimate of drug-likeness (QED) is 0.728. The van der Waals surface area contributed by atoms with Crippen molar-refractivity contribution in [3.8, 4) is 0 Å². The molecular weight excluding hydrogens is 298 g/mol. The molecule has 1 aromatic carbocycles. The van der Waals surface area contributed by atoms with E-state index in [4.69, 9.17) is 15.2 Å². The molecule has 23 heavy (non-hydrogen) atoms. The van der Waals surface area contributed by atoms with Crippen molar-refractivity contribution >= 4 is 23.2 Å². The van der Waals surface area contributed by atoms with Gasteiger partial charge >= 0.3 is 0 Å². The van der Waals surface area contributed by atoms with Crippen LogP contribution in [0.3, 0.4) is 0 Å². The molecule has 2 rings (SSSR count). The van der Waals surface area contributed by atoms with E-state index in [1.807, 2.05) is 0 Å². The van der Waals surface area contributed by atoms with E-state index in [1.54, 1.807) is 31.2 Å². The molecule has 4 N–H and O–H groups in total. The first kappa shape index (κ1) is 17.4.